The van der Waals surface area contributed by atoms with Crippen LogP contribution in [0.5, 0.6) is 0 Å². The van der Waals surface area contributed by atoms with E-state index >= 15 is 0 Å². The summed E-state index contributed by atoms with van der Waals surface area (Å²) in [6, 6.07) is 9.60. The number of aromatic nitrogens is 1. The number of amides is 1. The van der Waals surface area contributed by atoms with Crippen molar-refractivity contribution in [1.82, 2.24) is 15.0 Å². The number of ether oxygens (including phenoxy) is 1. The van der Waals surface area contributed by atoms with Gasteiger partial charge in [0.1, 0.15) is 5.82 Å². The lowest BCUT2D eigenvalue weighted by Gasteiger charge is -2.28. The molecule has 1 aromatic carbocycles. The van der Waals surface area contributed by atoms with Crippen molar-refractivity contribution in [2.24, 2.45) is 0 Å². The van der Waals surface area contributed by atoms with Crippen LogP contribution in [0.1, 0.15) is 15.9 Å². The van der Waals surface area contributed by atoms with Crippen LogP contribution in [0.4, 0.5) is 5.82 Å². The van der Waals surface area contributed by atoms with Crippen LogP contribution >= 0.6 is 0 Å². The zero-order valence-electron chi connectivity index (χ0n) is 15.0. The number of carbonyl (C=O) groups excluding carboxylic acids is 1. The third kappa shape index (κ3) is 4.82. The van der Waals surface area contributed by atoms with E-state index in [1.807, 2.05) is 12.1 Å². The molecule has 144 valence electrons. The third-order valence-electron chi connectivity index (χ3n) is 4.29. The van der Waals surface area contributed by atoms with E-state index in [1.54, 1.807) is 6.20 Å². The third-order valence-corrected chi connectivity index (χ3v) is 5.72. The Morgan fingerprint density at radius 3 is 2.56 bits per heavy atom. The molecule has 2 aromatic rings. The maximum atomic E-state index is 12.3. The summed E-state index contributed by atoms with van der Waals surface area (Å²) in [5.74, 6) is 0.597. The average Bonchev–Trinajstić information content (AvgIpc) is 2.73. The maximum absolute atomic E-state index is 12.3. The second kappa shape index (κ2) is 8.47. The number of pyridine rings is 1. The van der Waals surface area contributed by atoms with Gasteiger partial charge >= 0.3 is 0 Å². The molecule has 3 rings (SSSR count). The number of nitrogens with zero attached hydrogens (tertiary/aromatic N) is 2. The summed E-state index contributed by atoms with van der Waals surface area (Å²) < 4.78 is 31.0. The maximum Gasteiger partial charge on any atom is 0.251 e. The van der Waals surface area contributed by atoms with Gasteiger partial charge in [-0.2, -0.15) is 0 Å². The SMILES string of the molecule is CNS(=O)(=O)c1ccc(C(=O)NCc2ccnc(N3CCOCC3)c2)cc1. The van der Waals surface area contributed by atoms with Gasteiger partial charge in [0.05, 0.1) is 18.1 Å². The first-order chi connectivity index (χ1) is 13.0. The number of anilines is 1. The zero-order valence-corrected chi connectivity index (χ0v) is 15.8. The highest BCUT2D eigenvalue weighted by molar-refractivity contribution is 7.89. The smallest absolute Gasteiger partial charge is 0.251 e. The van der Waals surface area contributed by atoms with Gasteiger partial charge in [-0.1, -0.05) is 0 Å². The first kappa shape index (κ1) is 19.3. The predicted molar refractivity (Wildman–Crippen MR) is 101 cm³/mol. The van der Waals surface area contributed by atoms with Gasteiger partial charge < -0.3 is 15.0 Å². The molecule has 9 heteroatoms. The molecule has 1 aliphatic rings. The predicted octanol–water partition coefficient (Wildman–Crippen LogP) is 0.756. The van der Waals surface area contributed by atoms with Gasteiger partial charge in [0.2, 0.25) is 10.0 Å². The molecule has 1 aliphatic heterocycles. The van der Waals surface area contributed by atoms with Gasteiger partial charge in [-0.15, -0.1) is 0 Å². The Hall–Kier alpha value is -2.49. The normalized spacial score (nSPS) is 14.8. The van der Waals surface area contributed by atoms with Gasteiger partial charge in [-0.3, -0.25) is 4.79 Å². The molecule has 0 atom stereocenters. The first-order valence-electron chi connectivity index (χ1n) is 8.59. The summed E-state index contributed by atoms with van der Waals surface area (Å²) in [5.41, 5.74) is 1.33. The minimum absolute atomic E-state index is 0.117. The minimum Gasteiger partial charge on any atom is -0.378 e. The van der Waals surface area contributed by atoms with Crippen molar-refractivity contribution in [1.29, 1.82) is 0 Å². The van der Waals surface area contributed by atoms with Crippen molar-refractivity contribution in [3.8, 4) is 0 Å². The molecule has 8 nitrogen and oxygen atoms in total. The first-order valence-corrected chi connectivity index (χ1v) is 10.1. The van der Waals surface area contributed by atoms with Gasteiger partial charge in [0.15, 0.2) is 0 Å². The largest absolute Gasteiger partial charge is 0.378 e. The molecule has 27 heavy (non-hydrogen) atoms. The minimum atomic E-state index is -3.51. The highest BCUT2D eigenvalue weighted by atomic mass is 32.2. The second-order valence-corrected chi connectivity index (χ2v) is 7.92. The summed E-state index contributed by atoms with van der Waals surface area (Å²) >= 11 is 0. The fourth-order valence-electron chi connectivity index (χ4n) is 2.72. The Morgan fingerprint density at radius 2 is 1.89 bits per heavy atom. The standard InChI is InChI=1S/C18H22N4O4S/c1-19-27(24,25)16-4-2-15(3-5-16)18(23)21-13-14-6-7-20-17(12-14)22-8-10-26-11-9-22/h2-7,12,19H,8-11,13H2,1H3,(H,21,23). The van der Waals surface area contributed by atoms with E-state index in [9.17, 15) is 13.2 Å². The van der Waals surface area contributed by atoms with E-state index in [-0.39, 0.29) is 10.8 Å². The van der Waals surface area contributed by atoms with E-state index in [0.717, 1.165) is 24.5 Å². The van der Waals surface area contributed by atoms with Gasteiger partial charge in [0, 0.05) is 31.4 Å². The van der Waals surface area contributed by atoms with Gasteiger partial charge in [-0.25, -0.2) is 18.1 Å². The molecule has 0 bridgehead atoms. The molecule has 1 amide bonds. The fourth-order valence-corrected chi connectivity index (χ4v) is 3.45. The van der Waals surface area contributed by atoms with Crippen LogP contribution in [-0.4, -0.2) is 52.7 Å². The van der Waals surface area contributed by atoms with Crippen LogP contribution < -0.4 is 14.9 Å². The van der Waals surface area contributed by atoms with Crippen molar-refractivity contribution >= 4 is 21.7 Å². The number of carbonyl (C=O) groups is 1. The van der Waals surface area contributed by atoms with Crippen molar-refractivity contribution in [3.63, 3.8) is 0 Å². The Bertz CT molecular complexity index is 894. The molecule has 1 fully saturated rings. The van der Waals surface area contributed by atoms with Gasteiger partial charge in [0.25, 0.3) is 5.91 Å². The molecule has 0 aliphatic carbocycles. The van der Waals surface area contributed by atoms with E-state index in [1.165, 1.54) is 31.3 Å². The quantitative estimate of drug-likeness (QED) is 0.755. The van der Waals surface area contributed by atoms with Crippen LogP contribution in [0.25, 0.3) is 0 Å². The van der Waals surface area contributed by atoms with E-state index < -0.39 is 10.0 Å². The highest BCUT2D eigenvalue weighted by Gasteiger charge is 2.14. The topological polar surface area (TPSA) is 101 Å². The number of hydrogen-bond donors (Lipinski definition) is 2. The van der Waals surface area contributed by atoms with Crippen LogP contribution in [0.15, 0.2) is 47.5 Å². The molecule has 2 heterocycles. The average molecular weight is 390 g/mol. The molecular weight excluding hydrogens is 368 g/mol. The Kier molecular flexibility index (Phi) is 6.04. The second-order valence-electron chi connectivity index (χ2n) is 6.04. The number of morpholine rings is 1. The molecular formula is C18H22N4O4S. The fraction of sp³-hybridized carbons (Fsp3) is 0.333. The molecule has 0 radical (unpaired) electrons. The summed E-state index contributed by atoms with van der Waals surface area (Å²) in [5, 5.41) is 2.84. The van der Waals surface area contributed by atoms with E-state index in [0.29, 0.717) is 25.3 Å². The lowest BCUT2D eigenvalue weighted by Crippen LogP contribution is -2.36. The summed E-state index contributed by atoms with van der Waals surface area (Å²) in [6.07, 6.45) is 1.73. The summed E-state index contributed by atoms with van der Waals surface area (Å²) in [7, 11) is -2.17. The highest BCUT2D eigenvalue weighted by Crippen LogP contribution is 2.15. The monoisotopic (exact) mass is 390 g/mol. The molecule has 0 unspecified atom stereocenters. The molecule has 1 aromatic heterocycles. The number of benzene rings is 1. The number of sulfonamides is 1. The van der Waals surface area contributed by atoms with E-state index in [2.05, 4.69) is 19.9 Å². The van der Waals surface area contributed by atoms with Crippen LogP contribution in [0.2, 0.25) is 0 Å². The summed E-state index contributed by atoms with van der Waals surface area (Å²) in [4.78, 5) is 19.0. The van der Waals surface area contributed by atoms with Crippen molar-refractivity contribution in [2.45, 2.75) is 11.4 Å². The van der Waals surface area contributed by atoms with Gasteiger partial charge in [-0.05, 0) is 49.0 Å². The Balaban J connectivity index is 1.62. The van der Waals surface area contributed by atoms with Crippen molar-refractivity contribution in [2.75, 3.05) is 38.3 Å². The Labute approximate surface area is 158 Å². The van der Waals surface area contributed by atoms with Crippen molar-refractivity contribution < 1.29 is 17.9 Å². The number of hydrogen-bond acceptors (Lipinski definition) is 6. The molecule has 2 N–H and O–H groups in total. The lowest BCUT2D eigenvalue weighted by molar-refractivity contribution is 0.0951. The number of rotatable bonds is 6. The lowest BCUT2D eigenvalue weighted by atomic mass is 10.2. The zero-order chi connectivity index (χ0) is 19.3. The Morgan fingerprint density at radius 1 is 1.19 bits per heavy atom. The molecule has 0 saturated carbocycles. The van der Waals surface area contributed by atoms with Crippen LogP contribution in [0.3, 0.4) is 0 Å². The van der Waals surface area contributed by atoms with Crippen molar-refractivity contribution in [3.05, 3.63) is 53.7 Å². The molecule has 1 saturated heterocycles. The molecule has 0 spiro atoms. The van der Waals surface area contributed by atoms with Crippen LogP contribution in [-0.2, 0) is 21.3 Å². The van der Waals surface area contributed by atoms with Crippen LogP contribution in [0, 0.1) is 0 Å². The number of nitrogens with one attached hydrogen (secondary N) is 2. The van der Waals surface area contributed by atoms with E-state index in [4.69, 9.17) is 4.74 Å². The summed E-state index contributed by atoms with van der Waals surface area (Å²) in [6.45, 7) is 3.31.